The van der Waals surface area contributed by atoms with Crippen molar-refractivity contribution in [2.75, 3.05) is 6.54 Å². The molecular formula is C10H13NO4. The Morgan fingerprint density at radius 2 is 1.80 bits per heavy atom. The molecule has 2 atom stereocenters. The molecule has 0 spiro atoms. The van der Waals surface area contributed by atoms with E-state index in [9.17, 15) is 14.4 Å². The number of aliphatic carboxylic acids is 1. The van der Waals surface area contributed by atoms with Gasteiger partial charge in [-0.25, -0.2) is 0 Å². The molecule has 5 heteroatoms. The SMILES string of the molecule is O=C(O)CCN1C(=O)C2CCC(C2)C1=O. The van der Waals surface area contributed by atoms with E-state index in [-0.39, 0.29) is 36.6 Å². The van der Waals surface area contributed by atoms with Crippen molar-refractivity contribution in [3.05, 3.63) is 0 Å². The van der Waals surface area contributed by atoms with E-state index in [2.05, 4.69) is 0 Å². The molecule has 2 bridgehead atoms. The minimum atomic E-state index is -0.978. The number of rotatable bonds is 3. The van der Waals surface area contributed by atoms with Crippen LogP contribution in [0, 0.1) is 11.8 Å². The predicted octanol–water partition coefficient (Wildman–Crippen LogP) is 0.246. The number of hydrogen-bond donors (Lipinski definition) is 1. The number of carbonyl (C=O) groups is 3. The third kappa shape index (κ3) is 1.73. The van der Waals surface area contributed by atoms with Crippen LogP contribution in [-0.2, 0) is 14.4 Å². The lowest BCUT2D eigenvalue weighted by Gasteiger charge is -2.29. The highest BCUT2D eigenvalue weighted by Gasteiger charge is 2.44. The van der Waals surface area contributed by atoms with Crippen molar-refractivity contribution in [2.24, 2.45) is 11.8 Å². The third-order valence-electron chi connectivity index (χ3n) is 3.21. The lowest BCUT2D eigenvalue weighted by Crippen LogP contribution is -2.46. The van der Waals surface area contributed by atoms with Gasteiger partial charge in [0.05, 0.1) is 6.42 Å². The summed E-state index contributed by atoms with van der Waals surface area (Å²) in [7, 11) is 0. The van der Waals surface area contributed by atoms with Crippen LogP contribution in [-0.4, -0.2) is 34.3 Å². The van der Waals surface area contributed by atoms with Crippen molar-refractivity contribution in [3.8, 4) is 0 Å². The first kappa shape index (κ1) is 10.1. The maximum Gasteiger partial charge on any atom is 0.305 e. The molecule has 2 aliphatic rings. The van der Waals surface area contributed by atoms with E-state index < -0.39 is 5.97 Å². The molecule has 1 saturated heterocycles. The maximum absolute atomic E-state index is 11.7. The lowest BCUT2D eigenvalue weighted by molar-refractivity contribution is -0.153. The fraction of sp³-hybridized carbons (Fsp3) is 0.700. The van der Waals surface area contributed by atoms with Gasteiger partial charge >= 0.3 is 5.97 Å². The average molecular weight is 211 g/mol. The van der Waals surface area contributed by atoms with E-state index in [1.54, 1.807) is 0 Å². The van der Waals surface area contributed by atoms with Crippen molar-refractivity contribution in [3.63, 3.8) is 0 Å². The van der Waals surface area contributed by atoms with Gasteiger partial charge in [-0.2, -0.15) is 0 Å². The van der Waals surface area contributed by atoms with Gasteiger partial charge in [0.25, 0.3) is 0 Å². The molecular weight excluding hydrogens is 198 g/mol. The van der Waals surface area contributed by atoms with Gasteiger partial charge in [0.15, 0.2) is 0 Å². The zero-order valence-electron chi connectivity index (χ0n) is 8.31. The molecule has 82 valence electrons. The second kappa shape index (κ2) is 3.64. The molecule has 2 fully saturated rings. The summed E-state index contributed by atoms with van der Waals surface area (Å²) in [5.41, 5.74) is 0. The van der Waals surface area contributed by atoms with Gasteiger partial charge in [-0.3, -0.25) is 19.3 Å². The molecule has 0 aromatic heterocycles. The highest BCUT2D eigenvalue weighted by molar-refractivity contribution is 6.01. The number of likely N-dealkylation sites (tertiary alicyclic amines) is 1. The Morgan fingerprint density at radius 1 is 1.27 bits per heavy atom. The summed E-state index contributed by atoms with van der Waals surface area (Å²) in [5, 5.41) is 8.51. The van der Waals surface area contributed by atoms with Gasteiger partial charge in [0.1, 0.15) is 0 Å². The lowest BCUT2D eigenvalue weighted by atomic mass is 9.97. The number of fused-ring (bicyclic) bond motifs is 2. The fourth-order valence-electron chi connectivity index (χ4n) is 2.41. The third-order valence-corrected chi connectivity index (χ3v) is 3.21. The van der Waals surface area contributed by atoms with E-state index in [0.717, 1.165) is 17.7 Å². The van der Waals surface area contributed by atoms with Gasteiger partial charge in [0.2, 0.25) is 11.8 Å². The first-order valence-corrected chi connectivity index (χ1v) is 5.16. The smallest absolute Gasteiger partial charge is 0.305 e. The molecule has 0 aromatic rings. The Balaban J connectivity index is 2.06. The van der Waals surface area contributed by atoms with Crippen LogP contribution >= 0.6 is 0 Å². The monoisotopic (exact) mass is 211 g/mol. The van der Waals surface area contributed by atoms with E-state index in [0.29, 0.717) is 6.42 Å². The second-order valence-electron chi connectivity index (χ2n) is 4.18. The molecule has 2 amide bonds. The van der Waals surface area contributed by atoms with Crippen LogP contribution in [0.1, 0.15) is 25.7 Å². The van der Waals surface area contributed by atoms with Crippen molar-refractivity contribution in [1.29, 1.82) is 0 Å². The topological polar surface area (TPSA) is 74.7 Å². The normalized spacial score (nSPS) is 29.7. The Bertz CT molecular complexity index is 303. The molecule has 1 heterocycles. The minimum Gasteiger partial charge on any atom is -0.481 e. The number of amides is 2. The summed E-state index contributed by atoms with van der Waals surface area (Å²) in [6.45, 7) is 0.0278. The van der Waals surface area contributed by atoms with Crippen molar-refractivity contribution in [1.82, 2.24) is 4.90 Å². The zero-order valence-corrected chi connectivity index (χ0v) is 8.31. The Labute approximate surface area is 87.1 Å². The Hall–Kier alpha value is -1.39. The van der Waals surface area contributed by atoms with Crippen LogP contribution in [0.4, 0.5) is 0 Å². The van der Waals surface area contributed by atoms with Crippen LogP contribution in [0.3, 0.4) is 0 Å². The van der Waals surface area contributed by atoms with Gasteiger partial charge in [-0.1, -0.05) is 0 Å². The van der Waals surface area contributed by atoms with Crippen LogP contribution < -0.4 is 0 Å². The van der Waals surface area contributed by atoms with E-state index in [1.807, 2.05) is 0 Å². The van der Waals surface area contributed by atoms with Crippen molar-refractivity contribution in [2.45, 2.75) is 25.7 Å². The number of nitrogens with zero attached hydrogens (tertiary/aromatic N) is 1. The van der Waals surface area contributed by atoms with Gasteiger partial charge in [-0.05, 0) is 19.3 Å². The number of imide groups is 1. The summed E-state index contributed by atoms with van der Waals surface area (Å²) in [5.74, 6) is -1.40. The molecule has 2 unspecified atom stereocenters. The van der Waals surface area contributed by atoms with Crippen LogP contribution in [0.5, 0.6) is 0 Å². The quantitative estimate of drug-likeness (QED) is 0.679. The largest absolute Gasteiger partial charge is 0.481 e. The summed E-state index contributed by atoms with van der Waals surface area (Å²) >= 11 is 0. The average Bonchev–Trinajstić information content (AvgIpc) is 2.61. The number of carboxylic acid groups (broad SMARTS) is 1. The summed E-state index contributed by atoms with van der Waals surface area (Å²) < 4.78 is 0. The van der Waals surface area contributed by atoms with Crippen molar-refractivity contribution >= 4 is 17.8 Å². The second-order valence-corrected chi connectivity index (χ2v) is 4.18. The number of piperidine rings is 1. The zero-order chi connectivity index (χ0) is 11.0. The van der Waals surface area contributed by atoms with E-state index >= 15 is 0 Å². The van der Waals surface area contributed by atoms with E-state index in [4.69, 9.17) is 5.11 Å². The molecule has 15 heavy (non-hydrogen) atoms. The van der Waals surface area contributed by atoms with Gasteiger partial charge in [-0.15, -0.1) is 0 Å². The van der Waals surface area contributed by atoms with Gasteiger partial charge < -0.3 is 5.11 Å². The Morgan fingerprint density at radius 3 is 2.27 bits per heavy atom. The number of carbonyl (C=O) groups excluding carboxylic acids is 2. The molecule has 2 rings (SSSR count). The summed E-state index contributed by atoms with van der Waals surface area (Å²) in [4.78, 5) is 35.0. The predicted molar refractivity (Wildman–Crippen MR) is 49.8 cm³/mol. The maximum atomic E-state index is 11.7. The van der Waals surface area contributed by atoms with Crippen LogP contribution in [0.15, 0.2) is 0 Å². The molecule has 0 aromatic carbocycles. The number of hydrogen-bond acceptors (Lipinski definition) is 3. The highest BCUT2D eigenvalue weighted by Crippen LogP contribution is 2.37. The molecule has 5 nitrogen and oxygen atoms in total. The molecule has 1 aliphatic carbocycles. The van der Waals surface area contributed by atoms with E-state index in [1.165, 1.54) is 0 Å². The minimum absolute atomic E-state index is 0.0278. The Kier molecular flexibility index (Phi) is 2.46. The fourth-order valence-corrected chi connectivity index (χ4v) is 2.41. The van der Waals surface area contributed by atoms with Gasteiger partial charge in [0, 0.05) is 18.4 Å². The van der Waals surface area contributed by atoms with Crippen molar-refractivity contribution < 1.29 is 19.5 Å². The molecule has 1 N–H and O–H groups in total. The summed E-state index contributed by atoms with van der Waals surface area (Å²) in [6.07, 6.45) is 2.07. The first-order chi connectivity index (χ1) is 7.09. The molecule has 1 aliphatic heterocycles. The molecule has 0 radical (unpaired) electrons. The summed E-state index contributed by atoms with van der Waals surface area (Å²) in [6, 6.07) is 0. The highest BCUT2D eigenvalue weighted by atomic mass is 16.4. The molecule has 1 saturated carbocycles. The van der Waals surface area contributed by atoms with Crippen LogP contribution in [0.25, 0.3) is 0 Å². The number of carboxylic acids is 1. The first-order valence-electron chi connectivity index (χ1n) is 5.16. The standard InChI is InChI=1S/C10H13NO4/c12-8(13)3-4-11-9(14)6-1-2-7(5-6)10(11)15/h6-7H,1-5H2,(H,12,13). The van der Waals surface area contributed by atoms with Crippen LogP contribution in [0.2, 0.25) is 0 Å².